The minimum absolute atomic E-state index is 0.619. The van der Waals surface area contributed by atoms with Gasteiger partial charge in [0.1, 0.15) is 0 Å². The second-order valence-electron chi connectivity index (χ2n) is 7.29. The fourth-order valence-electron chi connectivity index (χ4n) is 3.44. The summed E-state index contributed by atoms with van der Waals surface area (Å²) in [5.41, 5.74) is 0.619. The molecule has 2 rings (SSSR count). The molecule has 106 valence electrons. The summed E-state index contributed by atoms with van der Waals surface area (Å²) in [5.74, 6) is 1.79. The standard InChI is InChI=1S/C16H32N2/c1-5-8-18-9-6-7-14(12-18)13(2)17-11-15-10-16(15,3)4/h13-15,17H,5-12H2,1-4H3. The summed E-state index contributed by atoms with van der Waals surface area (Å²) in [6.07, 6.45) is 5.53. The lowest BCUT2D eigenvalue weighted by molar-refractivity contribution is 0.150. The smallest absolute Gasteiger partial charge is 0.00793 e. The van der Waals surface area contributed by atoms with Crippen LogP contribution in [0.25, 0.3) is 0 Å². The van der Waals surface area contributed by atoms with Gasteiger partial charge >= 0.3 is 0 Å². The van der Waals surface area contributed by atoms with Gasteiger partial charge in [-0.05, 0) is 69.5 Å². The summed E-state index contributed by atoms with van der Waals surface area (Å²) in [4.78, 5) is 2.66. The van der Waals surface area contributed by atoms with Gasteiger partial charge in [0.05, 0.1) is 0 Å². The molecule has 0 aromatic heterocycles. The Hall–Kier alpha value is -0.0800. The van der Waals surface area contributed by atoms with Crippen LogP contribution in [0, 0.1) is 17.3 Å². The van der Waals surface area contributed by atoms with Gasteiger partial charge in [0, 0.05) is 12.6 Å². The quantitative estimate of drug-likeness (QED) is 0.781. The zero-order valence-electron chi connectivity index (χ0n) is 12.8. The Balaban J connectivity index is 1.69. The van der Waals surface area contributed by atoms with Crippen molar-refractivity contribution in [2.75, 3.05) is 26.2 Å². The molecule has 0 aromatic carbocycles. The van der Waals surface area contributed by atoms with Crippen LogP contribution in [0.4, 0.5) is 0 Å². The predicted octanol–water partition coefficient (Wildman–Crippen LogP) is 3.13. The number of hydrogen-bond donors (Lipinski definition) is 1. The van der Waals surface area contributed by atoms with Crippen LogP contribution in [0.15, 0.2) is 0 Å². The maximum absolute atomic E-state index is 3.81. The van der Waals surface area contributed by atoms with Crippen molar-refractivity contribution in [2.24, 2.45) is 17.3 Å². The van der Waals surface area contributed by atoms with Crippen LogP contribution in [-0.4, -0.2) is 37.1 Å². The third-order valence-electron chi connectivity index (χ3n) is 5.19. The highest BCUT2D eigenvalue weighted by Gasteiger charge is 2.45. The van der Waals surface area contributed by atoms with Crippen molar-refractivity contribution in [3.63, 3.8) is 0 Å². The number of likely N-dealkylation sites (tertiary alicyclic amines) is 1. The molecule has 1 aliphatic carbocycles. The Morgan fingerprint density at radius 2 is 2.11 bits per heavy atom. The van der Waals surface area contributed by atoms with Crippen molar-refractivity contribution in [1.82, 2.24) is 10.2 Å². The van der Waals surface area contributed by atoms with E-state index in [4.69, 9.17) is 0 Å². The van der Waals surface area contributed by atoms with E-state index in [0.29, 0.717) is 11.5 Å². The van der Waals surface area contributed by atoms with Gasteiger partial charge in [-0.15, -0.1) is 0 Å². The van der Waals surface area contributed by atoms with E-state index in [2.05, 4.69) is 37.9 Å². The van der Waals surface area contributed by atoms with Gasteiger partial charge in [-0.1, -0.05) is 20.8 Å². The largest absolute Gasteiger partial charge is 0.314 e. The predicted molar refractivity (Wildman–Crippen MR) is 78.8 cm³/mol. The highest BCUT2D eigenvalue weighted by molar-refractivity contribution is 4.96. The molecule has 0 amide bonds. The maximum Gasteiger partial charge on any atom is 0.00793 e. The molecule has 2 fully saturated rings. The number of piperidine rings is 1. The average molecular weight is 252 g/mol. The third kappa shape index (κ3) is 3.71. The molecular formula is C16H32N2. The van der Waals surface area contributed by atoms with Crippen LogP contribution in [0.1, 0.15) is 53.4 Å². The Morgan fingerprint density at radius 3 is 2.72 bits per heavy atom. The van der Waals surface area contributed by atoms with Gasteiger partial charge in [0.25, 0.3) is 0 Å². The highest BCUT2D eigenvalue weighted by atomic mass is 15.1. The molecule has 0 bridgehead atoms. The third-order valence-corrected chi connectivity index (χ3v) is 5.19. The molecule has 1 aliphatic heterocycles. The molecule has 0 radical (unpaired) electrons. The molecule has 3 atom stereocenters. The van der Waals surface area contributed by atoms with Crippen LogP contribution < -0.4 is 5.32 Å². The van der Waals surface area contributed by atoms with E-state index >= 15 is 0 Å². The van der Waals surface area contributed by atoms with E-state index in [9.17, 15) is 0 Å². The molecule has 2 aliphatic rings. The maximum atomic E-state index is 3.81. The lowest BCUT2D eigenvalue weighted by Crippen LogP contribution is -2.45. The summed E-state index contributed by atoms with van der Waals surface area (Å²) in [7, 11) is 0. The SMILES string of the molecule is CCCN1CCCC(C(C)NCC2CC2(C)C)C1. The van der Waals surface area contributed by atoms with Crippen molar-refractivity contribution in [2.45, 2.75) is 59.4 Å². The normalized spacial score (nSPS) is 33.3. The summed E-state index contributed by atoms with van der Waals surface area (Å²) < 4.78 is 0. The second kappa shape index (κ2) is 5.92. The zero-order chi connectivity index (χ0) is 13.2. The lowest BCUT2D eigenvalue weighted by atomic mass is 9.91. The first-order valence-electron chi connectivity index (χ1n) is 7.98. The van der Waals surface area contributed by atoms with Crippen molar-refractivity contribution in [3.05, 3.63) is 0 Å². The first kappa shape index (κ1) is 14.3. The van der Waals surface area contributed by atoms with Crippen molar-refractivity contribution in [3.8, 4) is 0 Å². The molecule has 1 saturated carbocycles. The molecule has 0 aromatic rings. The highest BCUT2D eigenvalue weighted by Crippen LogP contribution is 2.51. The Kier molecular flexibility index (Phi) is 4.71. The minimum atomic E-state index is 0.619. The zero-order valence-corrected chi connectivity index (χ0v) is 12.8. The van der Waals surface area contributed by atoms with Crippen LogP contribution in [-0.2, 0) is 0 Å². The summed E-state index contributed by atoms with van der Waals surface area (Å²) >= 11 is 0. The van der Waals surface area contributed by atoms with Crippen molar-refractivity contribution >= 4 is 0 Å². The second-order valence-corrected chi connectivity index (χ2v) is 7.29. The molecule has 3 unspecified atom stereocenters. The van der Waals surface area contributed by atoms with E-state index in [1.807, 2.05) is 0 Å². The fraction of sp³-hybridized carbons (Fsp3) is 1.00. The van der Waals surface area contributed by atoms with Crippen LogP contribution in [0.5, 0.6) is 0 Å². The Labute approximate surface area is 114 Å². The van der Waals surface area contributed by atoms with Crippen molar-refractivity contribution < 1.29 is 0 Å². The first-order chi connectivity index (χ1) is 8.53. The van der Waals surface area contributed by atoms with Gasteiger partial charge in [0.2, 0.25) is 0 Å². The van der Waals surface area contributed by atoms with E-state index in [1.165, 1.54) is 51.9 Å². The summed E-state index contributed by atoms with van der Waals surface area (Å²) in [5, 5.41) is 3.81. The van der Waals surface area contributed by atoms with Gasteiger partial charge < -0.3 is 10.2 Å². The molecule has 2 nitrogen and oxygen atoms in total. The van der Waals surface area contributed by atoms with Gasteiger partial charge in [-0.25, -0.2) is 0 Å². The van der Waals surface area contributed by atoms with Crippen molar-refractivity contribution in [1.29, 1.82) is 0 Å². The van der Waals surface area contributed by atoms with Crippen LogP contribution >= 0.6 is 0 Å². The fourth-order valence-corrected chi connectivity index (χ4v) is 3.44. The Morgan fingerprint density at radius 1 is 1.39 bits per heavy atom. The van der Waals surface area contributed by atoms with Crippen LogP contribution in [0.2, 0.25) is 0 Å². The number of hydrogen-bond acceptors (Lipinski definition) is 2. The topological polar surface area (TPSA) is 15.3 Å². The van der Waals surface area contributed by atoms with E-state index < -0.39 is 0 Å². The van der Waals surface area contributed by atoms with E-state index in [-0.39, 0.29) is 0 Å². The van der Waals surface area contributed by atoms with Gasteiger partial charge in [0.15, 0.2) is 0 Å². The van der Waals surface area contributed by atoms with E-state index in [1.54, 1.807) is 0 Å². The number of rotatable bonds is 6. The monoisotopic (exact) mass is 252 g/mol. The van der Waals surface area contributed by atoms with Gasteiger partial charge in [-0.2, -0.15) is 0 Å². The van der Waals surface area contributed by atoms with Gasteiger partial charge in [-0.3, -0.25) is 0 Å². The molecular weight excluding hydrogens is 220 g/mol. The number of nitrogens with zero attached hydrogens (tertiary/aromatic N) is 1. The summed E-state index contributed by atoms with van der Waals surface area (Å²) in [6.45, 7) is 14.7. The average Bonchev–Trinajstić information content (AvgIpc) is 2.95. The molecule has 0 spiro atoms. The molecule has 1 heterocycles. The van der Waals surface area contributed by atoms with E-state index in [0.717, 1.165) is 11.8 Å². The molecule has 1 N–H and O–H groups in total. The lowest BCUT2D eigenvalue weighted by Gasteiger charge is -2.36. The molecule has 2 heteroatoms. The molecule has 1 saturated heterocycles. The number of nitrogens with one attached hydrogen (secondary N) is 1. The Bertz CT molecular complexity index is 260. The first-order valence-corrected chi connectivity index (χ1v) is 7.98. The summed E-state index contributed by atoms with van der Waals surface area (Å²) in [6, 6.07) is 0.695. The van der Waals surface area contributed by atoms with Crippen LogP contribution in [0.3, 0.4) is 0 Å². The molecule has 18 heavy (non-hydrogen) atoms. The minimum Gasteiger partial charge on any atom is -0.314 e.